The molecule has 0 radical (unpaired) electrons. The number of hydrogen-bond donors (Lipinski definition) is 1. The molecule has 0 aliphatic carbocycles. The summed E-state index contributed by atoms with van der Waals surface area (Å²) in [5, 5.41) is 0. The molecular formula is C13H15F2N5. The molecule has 0 spiro atoms. The molecule has 0 unspecified atom stereocenters. The van der Waals surface area contributed by atoms with Crippen molar-refractivity contribution in [2.45, 2.75) is 13.8 Å². The van der Waals surface area contributed by atoms with E-state index in [0.717, 1.165) is 12.1 Å². The van der Waals surface area contributed by atoms with Crippen LogP contribution in [0.25, 0.3) is 11.4 Å². The number of halogens is 2. The van der Waals surface area contributed by atoms with Gasteiger partial charge in [0.05, 0.1) is 5.56 Å². The molecule has 106 valence electrons. The topological polar surface area (TPSA) is 67.9 Å². The lowest BCUT2D eigenvalue weighted by Gasteiger charge is -2.19. The lowest BCUT2D eigenvalue weighted by atomic mass is 10.2. The number of rotatable bonds is 4. The summed E-state index contributed by atoms with van der Waals surface area (Å²) in [7, 11) is 0. The van der Waals surface area contributed by atoms with Gasteiger partial charge in [0.2, 0.25) is 11.9 Å². The molecule has 20 heavy (non-hydrogen) atoms. The zero-order valence-corrected chi connectivity index (χ0v) is 11.3. The minimum Gasteiger partial charge on any atom is -0.368 e. The van der Waals surface area contributed by atoms with E-state index < -0.39 is 11.6 Å². The largest absolute Gasteiger partial charge is 0.368 e. The van der Waals surface area contributed by atoms with Gasteiger partial charge >= 0.3 is 0 Å². The minimum atomic E-state index is -0.735. The number of nitrogens with two attached hydrogens (primary N) is 1. The predicted octanol–water partition coefficient (Wildman–Crippen LogP) is 2.25. The summed E-state index contributed by atoms with van der Waals surface area (Å²) in [6.07, 6.45) is 0. The molecule has 0 atom stereocenters. The van der Waals surface area contributed by atoms with Crippen molar-refractivity contribution >= 4 is 11.9 Å². The van der Waals surface area contributed by atoms with Gasteiger partial charge < -0.3 is 10.6 Å². The molecule has 1 aromatic heterocycles. The van der Waals surface area contributed by atoms with Crippen LogP contribution in [0.3, 0.4) is 0 Å². The van der Waals surface area contributed by atoms with Gasteiger partial charge in [0, 0.05) is 13.1 Å². The normalized spacial score (nSPS) is 10.6. The van der Waals surface area contributed by atoms with Gasteiger partial charge in [-0.2, -0.15) is 15.0 Å². The van der Waals surface area contributed by atoms with Crippen LogP contribution in [-0.2, 0) is 0 Å². The fraction of sp³-hybridized carbons (Fsp3) is 0.308. The van der Waals surface area contributed by atoms with E-state index >= 15 is 0 Å². The summed E-state index contributed by atoms with van der Waals surface area (Å²) >= 11 is 0. The van der Waals surface area contributed by atoms with E-state index in [0.29, 0.717) is 19.0 Å². The van der Waals surface area contributed by atoms with E-state index in [1.807, 2.05) is 18.7 Å². The molecule has 0 saturated heterocycles. The smallest absolute Gasteiger partial charge is 0.230 e. The maximum Gasteiger partial charge on any atom is 0.230 e. The van der Waals surface area contributed by atoms with Crippen molar-refractivity contribution < 1.29 is 8.78 Å². The molecule has 0 fully saturated rings. The van der Waals surface area contributed by atoms with Gasteiger partial charge in [0.25, 0.3) is 0 Å². The summed E-state index contributed by atoms with van der Waals surface area (Å²) in [5.41, 5.74) is 5.31. The van der Waals surface area contributed by atoms with Crippen LogP contribution >= 0.6 is 0 Å². The van der Waals surface area contributed by atoms with E-state index in [1.165, 1.54) is 6.07 Å². The number of nitrogens with zero attached hydrogens (tertiary/aromatic N) is 4. The van der Waals surface area contributed by atoms with Crippen LogP contribution in [0, 0.1) is 11.6 Å². The second-order valence-electron chi connectivity index (χ2n) is 4.09. The van der Waals surface area contributed by atoms with Crippen LogP contribution in [-0.4, -0.2) is 28.0 Å². The standard InChI is InChI=1S/C13H15F2N5/c1-3-20(4-2)13-18-11(17-12(16)19-13)10-8(14)6-5-7-9(10)15/h5-7H,3-4H2,1-2H3,(H2,16,17,18,19). The van der Waals surface area contributed by atoms with Crippen molar-refractivity contribution in [3.05, 3.63) is 29.8 Å². The van der Waals surface area contributed by atoms with Crippen molar-refractivity contribution in [2.75, 3.05) is 23.7 Å². The molecule has 5 nitrogen and oxygen atoms in total. The van der Waals surface area contributed by atoms with Crippen molar-refractivity contribution in [2.24, 2.45) is 0 Å². The molecule has 2 rings (SSSR count). The molecule has 0 aliphatic rings. The van der Waals surface area contributed by atoms with Gasteiger partial charge in [0.1, 0.15) is 11.6 Å². The molecule has 2 aromatic rings. The third-order valence-corrected chi connectivity index (χ3v) is 2.87. The number of aromatic nitrogens is 3. The molecule has 0 amide bonds. The Morgan fingerprint density at radius 1 is 1.05 bits per heavy atom. The zero-order chi connectivity index (χ0) is 14.7. The minimum absolute atomic E-state index is 0.0699. The monoisotopic (exact) mass is 279 g/mol. The third kappa shape index (κ3) is 2.66. The molecule has 1 aromatic carbocycles. The van der Waals surface area contributed by atoms with E-state index in [1.54, 1.807) is 0 Å². The van der Waals surface area contributed by atoms with Gasteiger partial charge in [-0.15, -0.1) is 0 Å². The molecule has 0 saturated carbocycles. The maximum absolute atomic E-state index is 13.8. The first kappa shape index (κ1) is 14.1. The van der Waals surface area contributed by atoms with Gasteiger partial charge in [-0.3, -0.25) is 0 Å². The first-order valence-corrected chi connectivity index (χ1v) is 6.27. The second-order valence-corrected chi connectivity index (χ2v) is 4.09. The Balaban J connectivity index is 2.58. The Labute approximate surface area is 115 Å². The number of anilines is 2. The van der Waals surface area contributed by atoms with Crippen LogP contribution < -0.4 is 10.6 Å². The number of nitrogen functional groups attached to an aromatic ring is 1. The van der Waals surface area contributed by atoms with E-state index in [2.05, 4.69) is 15.0 Å². The Kier molecular flexibility index (Phi) is 4.07. The van der Waals surface area contributed by atoms with Gasteiger partial charge in [-0.1, -0.05) is 6.07 Å². The van der Waals surface area contributed by atoms with Crippen molar-refractivity contribution in [3.8, 4) is 11.4 Å². The summed E-state index contributed by atoms with van der Waals surface area (Å²) < 4.78 is 27.5. The van der Waals surface area contributed by atoms with Crippen LogP contribution in [0.15, 0.2) is 18.2 Å². The maximum atomic E-state index is 13.8. The average Bonchev–Trinajstić information content (AvgIpc) is 2.39. The zero-order valence-electron chi connectivity index (χ0n) is 11.3. The predicted molar refractivity (Wildman–Crippen MR) is 73.2 cm³/mol. The lowest BCUT2D eigenvalue weighted by Crippen LogP contribution is -2.25. The fourth-order valence-electron chi connectivity index (χ4n) is 1.85. The molecule has 0 bridgehead atoms. The molecule has 2 N–H and O–H groups in total. The third-order valence-electron chi connectivity index (χ3n) is 2.87. The lowest BCUT2D eigenvalue weighted by molar-refractivity contribution is 0.587. The van der Waals surface area contributed by atoms with E-state index in [9.17, 15) is 8.78 Å². The van der Waals surface area contributed by atoms with Gasteiger partial charge in [0.15, 0.2) is 5.82 Å². The Morgan fingerprint density at radius 3 is 2.20 bits per heavy atom. The number of hydrogen-bond acceptors (Lipinski definition) is 5. The summed E-state index contributed by atoms with van der Waals surface area (Å²) in [6.45, 7) is 5.15. The fourth-order valence-corrected chi connectivity index (χ4v) is 1.85. The molecular weight excluding hydrogens is 264 g/mol. The highest BCUT2D eigenvalue weighted by Gasteiger charge is 2.17. The molecule has 1 heterocycles. The first-order valence-electron chi connectivity index (χ1n) is 6.27. The van der Waals surface area contributed by atoms with Crippen LogP contribution in [0.4, 0.5) is 20.7 Å². The van der Waals surface area contributed by atoms with Gasteiger partial charge in [-0.25, -0.2) is 8.78 Å². The summed E-state index contributed by atoms with van der Waals surface area (Å²) in [4.78, 5) is 13.8. The highest BCUT2D eigenvalue weighted by Crippen LogP contribution is 2.24. The summed E-state index contributed by atoms with van der Waals surface area (Å²) in [5.74, 6) is -1.34. The molecule has 7 heteroatoms. The Bertz CT molecular complexity index is 593. The number of benzene rings is 1. The quantitative estimate of drug-likeness (QED) is 0.929. The second kappa shape index (κ2) is 5.77. The Morgan fingerprint density at radius 2 is 1.65 bits per heavy atom. The van der Waals surface area contributed by atoms with E-state index in [4.69, 9.17) is 5.73 Å². The SMILES string of the molecule is CCN(CC)c1nc(N)nc(-c2c(F)cccc2F)n1. The van der Waals surface area contributed by atoms with E-state index in [-0.39, 0.29) is 17.3 Å². The Hall–Kier alpha value is -2.31. The first-order chi connectivity index (χ1) is 9.56. The van der Waals surface area contributed by atoms with Crippen LogP contribution in [0.5, 0.6) is 0 Å². The molecule has 0 aliphatic heterocycles. The average molecular weight is 279 g/mol. The van der Waals surface area contributed by atoms with Crippen molar-refractivity contribution in [1.82, 2.24) is 15.0 Å². The van der Waals surface area contributed by atoms with Crippen LogP contribution in [0.2, 0.25) is 0 Å². The highest BCUT2D eigenvalue weighted by atomic mass is 19.1. The van der Waals surface area contributed by atoms with Crippen molar-refractivity contribution in [1.29, 1.82) is 0 Å². The summed E-state index contributed by atoms with van der Waals surface area (Å²) in [6, 6.07) is 3.58. The van der Waals surface area contributed by atoms with Gasteiger partial charge in [-0.05, 0) is 26.0 Å². The van der Waals surface area contributed by atoms with Crippen LogP contribution in [0.1, 0.15) is 13.8 Å². The van der Waals surface area contributed by atoms with Crippen molar-refractivity contribution in [3.63, 3.8) is 0 Å². The highest BCUT2D eigenvalue weighted by molar-refractivity contribution is 5.59.